The molecule has 1 aromatic heterocycles. The molecule has 0 aliphatic heterocycles. The van der Waals surface area contributed by atoms with Crippen LogP contribution in [0.1, 0.15) is 0 Å². The summed E-state index contributed by atoms with van der Waals surface area (Å²) in [6, 6.07) is 81.2. The molecule has 1 heterocycles. The molecule has 0 bridgehead atoms. The Bertz CT molecular complexity index is 2940. The lowest BCUT2D eigenvalue weighted by Gasteiger charge is -2.26. The Morgan fingerprint density at radius 3 is 1.32 bits per heavy atom. The van der Waals surface area contributed by atoms with Gasteiger partial charge >= 0.3 is 0 Å². The number of rotatable bonds is 8. The van der Waals surface area contributed by atoms with Crippen molar-refractivity contribution < 1.29 is 0 Å². The first-order valence-corrected chi connectivity index (χ1v) is 19.9. The van der Waals surface area contributed by atoms with Crippen molar-refractivity contribution in [3.8, 4) is 55.6 Å². The third-order valence-electron chi connectivity index (χ3n) is 10.7. The largest absolute Gasteiger partial charge is 0.309 e. The van der Waals surface area contributed by atoms with Crippen LogP contribution in [0.3, 0.4) is 0 Å². The van der Waals surface area contributed by atoms with Gasteiger partial charge in [0.15, 0.2) is 0 Å². The van der Waals surface area contributed by atoms with E-state index in [0.29, 0.717) is 0 Å². The van der Waals surface area contributed by atoms with E-state index in [1.165, 1.54) is 81.5 Å². The first kappa shape index (κ1) is 33.6. The van der Waals surface area contributed by atoms with Gasteiger partial charge in [0.25, 0.3) is 0 Å². The SMILES string of the molecule is c1ccc(-c2cccc(-c3ccccc3-c3ccc(N(c4ccc(-c5ccccc5-c5ccccc5)cc4)c4cccc5c4sc4ccccc45)cc3)c2)cc1. The highest BCUT2D eigenvalue weighted by molar-refractivity contribution is 7.26. The molecule has 0 amide bonds. The fourth-order valence-corrected chi connectivity index (χ4v) is 9.21. The Morgan fingerprint density at radius 2 is 0.714 bits per heavy atom. The van der Waals surface area contributed by atoms with Crippen LogP contribution in [0.4, 0.5) is 17.1 Å². The molecule has 0 radical (unpaired) electrons. The van der Waals surface area contributed by atoms with Crippen molar-refractivity contribution in [2.24, 2.45) is 0 Å². The minimum atomic E-state index is 1.11. The second-order valence-electron chi connectivity index (χ2n) is 14.1. The van der Waals surface area contributed by atoms with Crippen LogP contribution < -0.4 is 4.90 Å². The van der Waals surface area contributed by atoms with Gasteiger partial charge in [0, 0.05) is 26.8 Å². The van der Waals surface area contributed by atoms with Crippen LogP contribution >= 0.6 is 11.3 Å². The van der Waals surface area contributed by atoms with E-state index >= 15 is 0 Å². The molecular formula is C54H37NS. The molecule has 0 aliphatic rings. The Hall–Kier alpha value is -7.00. The quantitative estimate of drug-likeness (QED) is 0.150. The average molecular weight is 732 g/mol. The Kier molecular flexibility index (Phi) is 8.79. The monoisotopic (exact) mass is 731 g/mol. The third-order valence-corrected chi connectivity index (χ3v) is 11.9. The van der Waals surface area contributed by atoms with Gasteiger partial charge in [-0.3, -0.25) is 0 Å². The summed E-state index contributed by atoms with van der Waals surface area (Å²) in [4.78, 5) is 2.42. The predicted molar refractivity (Wildman–Crippen MR) is 241 cm³/mol. The van der Waals surface area contributed by atoms with E-state index in [1.807, 2.05) is 11.3 Å². The zero-order chi connectivity index (χ0) is 37.3. The second-order valence-corrected chi connectivity index (χ2v) is 15.1. The van der Waals surface area contributed by atoms with Crippen molar-refractivity contribution in [1.29, 1.82) is 0 Å². The number of hydrogen-bond donors (Lipinski definition) is 0. The summed E-state index contributed by atoms with van der Waals surface area (Å²) in [6.45, 7) is 0. The van der Waals surface area contributed by atoms with E-state index < -0.39 is 0 Å². The minimum Gasteiger partial charge on any atom is -0.309 e. The van der Waals surface area contributed by atoms with Crippen molar-refractivity contribution in [3.05, 3.63) is 224 Å². The molecule has 1 nitrogen and oxygen atoms in total. The number of benzene rings is 9. The van der Waals surface area contributed by atoms with Gasteiger partial charge in [-0.05, 0) is 98.1 Å². The molecule has 0 aliphatic carbocycles. The van der Waals surface area contributed by atoms with Gasteiger partial charge in [-0.2, -0.15) is 0 Å². The molecule has 9 aromatic carbocycles. The summed E-state index contributed by atoms with van der Waals surface area (Å²) in [6.07, 6.45) is 0. The maximum atomic E-state index is 2.42. The predicted octanol–water partition coefficient (Wildman–Crippen LogP) is 15.9. The van der Waals surface area contributed by atoms with Gasteiger partial charge in [-0.1, -0.05) is 182 Å². The normalized spacial score (nSPS) is 11.2. The van der Waals surface area contributed by atoms with Crippen molar-refractivity contribution in [2.45, 2.75) is 0 Å². The first-order valence-electron chi connectivity index (χ1n) is 19.1. The summed E-state index contributed by atoms with van der Waals surface area (Å²) in [5.41, 5.74) is 15.5. The van der Waals surface area contributed by atoms with Gasteiger partial charge in [0.1, 0.15) is 0 Å². The molecule has 0 unspecified atom stereocenters. The third kappa shape index (κ3) is 6.26. The molecule has 0 atom stereocenters. The zero-order valence-corrected chi connectivity index (χ0v) is 31.5. The van der Waals surface area contributed by atoms with Crippen molar-refractivity contribution in [3.63, 3.8) is 0 Å². The molecule has 10 rings (SSSR count). The van der Waals surface area contributed by atoms with Gasteiger partial charge in [0.2, 0.25) is 0 Å². The molecule has 0 saturated carbocycles. The lowest BCUT2D eigenvalue weighted by molar-refractivity contribution is 1.30. The van der Waals surface area contributed by atoms with Gasteiger partial charge < -0.3 is 4.90 Å². The number of hydrogen-bond acceptors (Lipinski definition) is 2. The molecule has 10 aromatic rings. The van der Waals surface area contributed by atoms with Gasteiger partial charge in [0.05, 0.1) is 10.4 Å². The molecule has 0 N–H and O–H groups in total. The Labute approximate surface area is 332 Å². The van der Waals surface area contributed by atoms with E-state index in [4.69, 9.17) is 0 Å². The Balaban J connectivity index is 1.07. The van der Waals surface area contributed by atoms with Crippen molar-refractivity contribution in [2.75, 3.05) is 4.90 Å². The average Bonchev–Trinajstić information content (AvgIpc) is 3.67. The summed E-state index contributed by atoms with van der Waals surface area (Å²) in [7, 11) is 0. The van der Waals surface area contributed by atoms with E-state index in [2.05, 4.69) is 229 Å². The summed E-state index contributed by atoms with van der Waals surface area (Å²) in [5, 5.41) is 2.58. The lowest BCUT2D eigenvalue weighted by Crippen LogP contribution is -2.10. The highest BCUT2D eigenvalue weighted by Gasteiger charge is 2.19. The van der Waals surface area contributed by atoms with Crippen LogP contribution in [-0.4, -0.2) is 0 Å². The fourth-order valence-electron chi connectivity index (χ4n) is 8.00. The van der Waals surface area contributed by atoms with Crippen LogP contribution in [0, 0.1) is 0 Å². The van der Waals surface area contributed by atoms with E-state index in [0.717, 1.165) is 11.4 Å². The molecule has 2 heteroatoms. The molecule has 0 fully saturated rings. The minimum absolute atomic E-state index is 1.11. The summed E-state index contributed by atoms with van der Waals surface area (Å²) < 4.78 is 2.57. The van der Waals surface area contributed by atoms with Crippen LogP contribution in [0.15, 0.2) is 224 Å². The summed E-state index contributed by atoms with van der Waals surface area (Å²) >= 11 is 1.86. The highest BCUT2D eigenvalue weighted by atomic mass is 32.1. The van der Waals surface area contributed by atoms with Crippen LogP contribution in [0.5, 0.6) is 0 Å². The van der Waals surface area contributed by atoms with Crippen molar-refractivity contribution >= 4 is 48.6 Å². The van der Waals surface area contributed by atoms with Gasteiger partial charge in [-0.15, -0.1) is 11.3 Å². The standard InChI is InChI=1S/C54H37NS/c1-3-15-38(16-4-1)42-19-13-20-43(37-42)49-24-10-9-23-48(49)41-31-35-45(36-32-41)55(52-27-14-26-51-50-25-11-12-28-53(50)56-54(51)52)44-33-29-40(30-34-44)47-22-8-7-21-46(47)39-17-5-2-6-18-39/h1-37H. The van der Waals surface area contributed by atoms with Gasteiger partial charge in [-0.25, -0.2) is 0 Å². The zero-order valence-electron chi connectivity index (χ0n) is 30.7. The summed E-state index contributed by atoms with van der Waals surface area (Å²) in [5.74, 6) is 0. The van der Waals surface area contributed by atoms with Crippen molar-refractivity contribution in [1.82, 2.24) is 0 Å². The topological polar surface area (TPSA) is 3.24 Å². The smallest absolute Gasteiger partial charge is 0.0640 e. The first-order chi connectivity index (χ1) is 27.8. The molecule has 264 valence electrons. The Morgan fingerprint density at radius 1 is 0.286 bits per heavy atom. The molecule has 0 spiro atoms. The van der Waals surface area contributed by atoms with Crippen LogP contribution in [0.25, 0.3) is 75.8 Å². The maximum Gasteiger partial charge on any atom is 0.0640 e. The number of fused-ring (bicyclic) bond motifs is 3. The lowest BCUT2D eigenvalue weighted by atomic mass is 9.92. The number of nitrogens with zero attached hydrogens (tertiary/aromatic N) is 1. The molecule has 56 heavy (non-hydrogen) atoms. The van der Waals surface area contributed by atoms with E-state index in [9.17, 15) is 0 Å². The van der Waals surface area contributed by atoms with Crippen LogP contribution in [0.2, 0.25) is 0 Å². The highest BCUT2D eigenvalue weighted by Crippen LogP contribution is 2.46. The number of thiophene rings is 1. The fraction of sp³-hybridized carbons (Fsp3) is 0. The maximum absolute atomic E-state index is 2.42. The number of anilines is 3. The molecule has 0 saturated heterocycles. The second kappa shape index (κ2) is 14.7. The van der Waals surface area contributed by atoms with E-state index in [-0.39, 0.29) is 0 Å². The van der Waals surface area contributed by atoms with Crippen LogP contribution in [-0.2, 0) is 0 Å². The molecular weight excluding hydrogens is 695 g/mol. The van der Waals surface area contributed by atoms with E-state index in [1.54, 1.807) is 0 Å².